The molecule has 0 amide bonds. The quantitative estimate of drug-likeness (QED) is 0.682. The van der Waals surface area contributed by atoms with Gasteiger partial charge in [-0.25, -0.2) is 0 Å². The number of alkyl halides is 3. The number of hydrogen-bond acceptors (Lipinski definition) is 4. The first-order valence-electron chi connectivity index (χ1n) is 7.04. The number of allylic oxidation sites excluding steroid dienone is 1. The van der Waals surface area contributed by atoms with Crippen molar-refractivity contribution < 1.29 is 27.4 Å². The molecule has 1 fully saturated rings. The summed E-state index contributed by atoms with van der Waals surface area (Å²) >= 11 is 0. The van der Waals surface area contributed by atoms with Crippen LogP contribution in [0.3, 0.4) is 0 Å². The van der Waals surface area contributed by atoms with E-state index in [1.54, 1.807) is 0 Å². The van der Waals surface area contributed by atoms with Gasteiger partial charge >= 0.3 is 6.18 Å². The lowest BCUT2D eigenvalue weighted by molar-refractivity contribution is -0.137. The zero-order chi connectivity index (χ0) is 16.6. The summed E-state index contributed by atoms with van der Waals surface area (Å²) in [6, 6.07) is 4.81. The van der Waals surface area contributed by atoms with Crippen molar-refractivity contribution in [1.82, 2.24) is 5.32 Å². The van der Waals surface area contributed by atoms with Gasteiger partial charge in [0.25, 0.3) is 0 Å². The molecule has 1 aromatic rings. The van der Waals surface area contributed by atoms with Crippen LogP contribution in [-0.2, 0) is 20.4 Å². The molecule has 2 aliphatic rings. The van der Waals surface area contributed by atoms with Gasteiger partial charge in [0.15, 0.2) is 0 Å². The molecule has 0 saturated heterocycles. The maximum atomic E-state index is 12.9. The molecular formula is C16H14F3NO3. The molecule has 0 bridgehead atoms. The van der Waals surface area contributed by atoms with Gasteiger partial charge in [0.05, 0.1) is 18.2 Å². The molecule has 1 aromatic carbocycles. The summed E-state index contributed by atoms with van der Waals surface area (Å²) in [4.78, 5) is 12.4. The van der Waals surface area contributed by atoms with Gasteiger partial charge in [-0.15, -0.1) is 0 Å². The Morgan fingerprint density at radius 3 is 2.70 bits per heavy atom. The zero-order valence-electron chi connectivity index (χ0n) is 12.2. The molecule has 4 nitrogen and oxygen atoms in total. The van der Waals surface area contributed by atoms with Gasteiger partial charge in [0, 0.05) is 6.04 Å². The van der Waals surface area contributed by atoms with Gasteiger partial charge in [-0.1, -0.05) is 12.1 Å². The molecule has 0 atom stereocenters. The second-order valence-electron chi connectivity index (χ2n) is 5.35. The van der Waals surface area contributed by atoms with Gasteiger partial charge in [-0.2, -0.15) is 13.2 Å². The number of carbonyl (C=O) groups is 1. The molecule has 7 heteroatoms. The summed E-state index contributed by atoms with van der Waals surface area (Å²) in [6.45, 7) is 0. The number of ketones is 1. The van der Waals surface area contributed by atoms with E-state index in [0.717, 1.165) is 31.2 Å². The van der Waals surface area contributed by atoms with E-state index in [1.165, 1.54) is 19.2 Å². The summed E-state index contributed by atoms with van der Waals surface area (Å²) in [7, 11) is 1.36. The van der Waals surface area contributed by atoms with Gasteiger partial charge in [0.2, 0.25) is 17.4 Å². The average Bonchev–Trinajstić information content (AvgIpc) is 3.24. The number of halogens is 3. The standard InChI is InChI=1S/C16H14F3NO3/c1-22-8-12-14(21)13(15(23-12)20-11-5-6-11)9-3-2-4-10(7-9)16(17,18)19/h2-4,7-8,11,20H,5-6H2,1H3/b12-8+. The molecule has 3 rings (SSSR count). The Labute approximate surface area is 130 Å². The molecule has 0 unspecified atom stereocenters. The lowest BCUT2D eigenvalue weighted by atomic mass is 10.00. The summed E-state index contributed by atoms with van der Waals surface area (Å²) in [6.07, 6.45) is -1.48. The van der Waals surface area contributed by atoms with Crippen molar-refractivity contribution in [2.24, 2.45) is 0 Å². The van der Waals surface area contributed by atoms with E-state index >= 15 is 0 Å². The first-order valence-corrected chi connectivity index (χ1v) is 7.04. The smallest absolute Gasteiger partial charge is 0.416 e. The van der Waals surface area contributed by atoms with Gasteiger partial charge in [0.1, 0.15) is 6.26 Å². The van der Waals surface area contributed by atoms with E-state index in [-0.39, 0.29) is 28.8 Å². The largest absolute Gasteiger partial charge is 0.500 e. The minimum atomic E-state index is -4.48. The number of ether oxygens (including phenoxy) is 2. The van der Waals surface area contributed by atoms with Gasteiger partial charge in [-0.05, 0) is 30.5 Å². The Morgan fingerprint density at radius 2 is 2.09 bits per heavy atom. The van der Waals surface area contributed by atoms with Crippen molar-refractivity contribution in [3.63, 3.8) is 0 Å². The third-order valence-electron chi connectivity index (χ3n) is 3.51. The Balaban J connectivity index is 2.02. The third-order valence-corrected chi connectivity index (χ3v) is 3.51. The number of benzene rings is 1. The minimum Gasteiger partial charge on any atom is -0.500 e. The van der Waals surface area contributed by atoms with E-state index in [2.05, 4.69) is 5.32 Å². The van der Waals surface area contributed by atoms with Gasteiger partial charge < -0.3 is 14.8 Å². The number of Topliss-reactive ketones (excluding diaryl/α,β-unsaturated/α-hetero) is 1. The first kappa shape index (κ1) is 15.5. The Kier molecular flexibility index (Phi) is 3.79. The van der Waals surface area contributed by atoms with Crippen LogP contribution in [0.5, 0.6) is 0 Å². The van der Waals surface area contributed by atoms with Crippen molar-refractivity contribution in [1.29, 1.82) is 0 Å². The molecule has 23 heavy (non-hydrogen) atoms. The minimum absolute atomic E-state index is 0.0527. The van der Waals surface area contributed by atoms with Crippen LogP contribution in [0.25, 0.3) is 5.57 Å². The Morgan fingerprint density at radius 1 is 1.35 bits per heavy atom. The highest BCUT2D eigenvalue weighted by Gasteiger charge is 2.37. The van der Waals surface area contributed by atoms with E-state index < -0.39 is 17.5 Å². The van der Waals surface area contributed by atoms with Crippen LogP contribution >= 0.6 is 0 Å². The highest BCUT2D eigenvalue weighted by molar-refractivity contribution is 6.30. The van der Waals surface area contributed by atoms with E-state index in [1.807, 2.05) is 0 Å². The molecule has 0 radical (unpaired) electrons. The first-order chi connectivity index (χ1) is 10.9. The summed E-state index contributed by atoms with van der Waals surface area (Å²) in [5, 5.41) is 3.04. The number of nitrogens with one attached hydrogen (secondary N) is 1. The molecule has 0 aromatic heterocycles. The second-order valence-corrected chi connectivity index (χ2v) is 5.35. The predicted octanol–water partition coefficient (Wildman–Crippen LogP) is 3.21. The molecule has 122 valence electrons. The molecule has 1 aliphatic heterocycles. The molecule has 1 N–H and O–H groups in total. The van der Waals surface area contributed by atoms with Crippen molar-refractivity contribution >= 4 is 11.4 Å². The fraction of sp³-hybridized carbons (Fsp3) is 0.312. The molecular weight excluding hydrogens is 311 g/mol. The lowest BCUT2D eigenvalue weighted by Gasteiger charge is -2.10. The normalized spacial score (nSPS) is 20.0. The van der Waals surface area contributed by atoms with E-state index in [4.69, 9.17) is 9.47 Å². The molecule has 0 spiro atoms. The topological polar surface area (TPSA) is 47.6 Å². The van der Waals surface area contributed by atoms with Crippen LogP contribution in [0.4, 0.5) is 13.2 Å². The van der Waals surface area contributed by atoms with Crippen molar-refractivity contribution in [2.75, 3.05) is 7.11 Å². The maximum Gasteiger partial charge on any atom is 0.416 e. The third kappa shape index (κ3) is 3.18. The van der Waals surface area contributed by atoms with Crippen molar-refractivity contribution in [3.05, 3.63) is 53.3 Å². The highest BCUT2D eigenvalue weighted by Crippen LogP contribution is 2.36. The molecule has 1 saturated carbocycles. The summed E-state index contributed by atoms with van der Waals surface area (Å²) < 4.78 is 48.9. The van der Waals surface area contributed by atoms with Crippen LogP contribution < -0.4 is 5.32 Å². The van der Waals surface area contributed by atoms with Crippen LogP contribution in [0, 0.1) is 0 Å². The predicted molar refractivity (Wildman–Crippen MR) is 75.7 cm³/mol. The number of rotatable bonds is 4. The van der Waals surface area contributed by atoms with E-state index in [0.29, 0.717) is 0 Å². The molecule has 1 aliphatic carbocycles. The number of methoxy groups -OCH3 is 1. The SMILES string of the molecule is CO/C=C1/OC(NC2CC2)=C(c2cccc(C(F)(F)F)c2)C1=O. The zero-order valence-corrected chi connectivity index (χ0v) is 12.2. The molecule has 1 heterocycles. The van der Waals surface area contributed by atoms with Crippen LogP contribution in [0.15, 0.2) is 42.2 Å². The fourth-order valence-corrected chi connectivity index (χ4v) is 2.25. The number of hydrogen-bond donors (Lipinski definition) is 1. The van der Waals surface area contributed by atoms with Crippen LogP contribution in [0.1, 0.15) is 24.0 Å². The van der Waals surface area contributed by atoms with Crippen molar-refractivity contribution in [2.45, 2.75) is 25.1 Å². The van der Waals surface area contributed by atoms with E-state index in [9.17, 15) is 18.0 Å². The fourth-order valence-electron chi connectivity index (χ4n) is 2.25. The highest BCUT2D eigenvalue weighted by atomic mass is 19.4. The van der Waals surface area contributed by atoms with Crippen LogP contribution in [0.2, 0.25) is 0 Å². The van der Waals surface area contributed by atoms with Crippen LogP contribution in [-0.4, -0.2) is 18.9 Å². The van der Waals surface area contributed by atoms with Gasteiger partial charge in [-0.3, -0.25) is 4.79 Å². The number of carbonyl (C=O) groups excluding carboxylic acids is 1. The van der Waals surface area contributed by atoms with Crippen molar-refractivity contribution in [3.8, 4) is 0 Å². The monoisotopic (exact) mass is 325 g/mol. The maximum absolute atomic E-state index is 12.9. The summed E-state index contributed by atoms with van der Waals surface area (Å²) in [5.41, 5.74) is -0.566. The lowest BCUT2D eigenvalue weighted by Crippen LogP contribution is -2.16. The Hall–Kier alpha value is -2.44. The second kappa shape index (κ2) is 5.64. The summed E-state index contributed by atoms with van der Waals surface area (Å²) in [5.74, 6) is -0.377. The average molecular weight is 325 g/mol. The Bertz CT molecular complexity index is 703.